The van der Waals surface area contributed by atoms with Crippen molar-refractivity contribution >= 4 is 38.9 Å². The minimum Gasteiger partial charge on any atom is -0.320 e. The number of aryl methyl sites for hydroxylation is 1. The van der Waals surface area contributed by atoms with Crippen molar-refractivity contribution in [3.63, 3.8) is 0 Å². The maximum absolute atomic E-state index is 13.4. The largest absolute Gasteiger partial charge is 0.320 e. The van der Waals surface area contributed by atoms with Gasteiger partial charge in [-0.15, -0.1) is 11.3 Å². The van der Waals surface area contributed by atoms with Crippen LogP contribution in [0, 0.1) is 12.7 Å². The SMILES string of the molecule is Cc1cc(Br)c(C(N)c2ccc(Cl)c(F)c2)s1. The smallest absolute Gasteiger partial charge is 0.142 e. The molecule has 90 valence electrons. The van der Waals surface area contributed by atoms with Gasteiger partial charge in [0.2, 0.25) is 0 Å². The van der Waals surface area contributed by atoms with E-state index in [4.69, 9.17) is 17.3 Å². The zero-order chi connectivity index (χ0) is 12.6. The molecule has 0 bridgehead atoms. The third-order valence-corrected chi connectivity index (χ3v) is 4.78. The molecular formula is C12H10BrClFNS. The van der Waals surface area contributed by atoms with Crippen molar-refractivity contribution in [2.75, 3.05) is 0 Å². The molecule has 1 nitrogen and oxygen atoms in total. The molecule has 2 aromatic rings. The third kappa shape index (κ3) is 2.71. The lowest BCUT2D eigenvalue weighted by atomic mass is 10.1. The summed E-state index contributed by atoms with van der Waals surface area (Å²) in [5, 5.41) is 0.113. The monoisotopic (exact) mass is 333 g/mol. The summed E-state index contributed by atoms with van der Waals surface area (Å²) in [7, 11) is 0. The lowest BCUT2D eigenvalue weighted by molar-refractivity contribution is 0.624. The predicted octanol–water partition coefficient (Wildman–Crippen LogP) is 4.66. The van der Waals surface area contributed by atoms with Crippen LogP contribution in [0.5, 0.6) is 0 Å². The highest BCUT2D eigenvalue weighted by Crippen LogP contribution is 2.34. The molecule has 0 aliphatic rings. The third-order valence-electron chi connectivity index (χ3n) is 2.42. The Hall–Kier alpha value is -0.420. The Morgan fingerprint density at radius 2 is 2.12 bits per heavy atom. The van der Waals surface area contributed by atoms with Crippen molar-refractivity contribution in [3.8, 4) is 0 Å². The first kappa shape index (κ1) is 13.0. The fourth-order valence-electron chi connectivity index (χ4n) is 1.57. The van der Waals surface area contributed by atoms with E-state index >= 15 is 0 Å². The Bertz CT molecular complexity index is 555. The van der Waals surface area contributed by atoms with Crippen molar-refractivity contribution in [1.29, 1.82) is 0 Å². The summed E-state index contributed by atoms with van der Waals surface area (Å²) in [5.41, 5.74) is 6.84. The number of halogens is 3. The summed E-state index contributed by atoms with van der Waals surface area (Å²) in [6.07, 6.45) is 0. The number of hydrogen-bond donors (Lipinski definition) is 1. The number of thiophene rings is 1. The van der Waals surface area contributed by atoms with E-state index in [-0.39, 0.29) is 11.1 Å². The second-order valence-corrected chi connectivity index (χ2v) is 6.27. The van der Waals surface area contributed by atoms with Crippen molar-refractivity contribution in [3.05, 3.63) is 54.9 Å². The van der Waals surface area contributed by atoms with E-state index in [9.17, 15) is 4.39 Å². The lowest BCUT2D eigenvalue weighted by Gasteiger charge is -2.11. The Kier molecular flexibility index (Phi) is 3.88. The van der Waals surface area contributed by atoms with Gasteiger partial charge in [-0.25, -0.2) is 4.39 Å². The normalized spacial score (nSPS) is 12.8. The molecule has 0 radical (unpaired) electrons. The highest BCUT2D eigenvalue weighted by Gasteiger charge is 2.16. The fraction of sp³-hybridized carbons (Fsp3) is 0.167. The highest BCUT2D eigenvalue weighted by molar-refractivity contribution is 9.10. The molecule has 1 atom stereocenters. The number of hydrogen-bond acceptors (Lipinski definition) is 2. The zero-order valence-corrected chi connectivity index (χ0v) is 12.2. The molecule has 1 heterocycles. The van der Waals surface area contributed by atoms with Gasteiger partial charge in [-0.3, -0.25) is 0 Å². The van der Waals surface area contributed by atoms with Crippen LogP contribution < -0.4 is 5.73 Å². The fourth-order valence-corrected chi connectivity index (χ4v) is 3.62. The van der Waals surface area contributed by atoms with Crippen LogP contribution in [-0.4, -0.2) is 0 Å². The van der Waals surface area contributed by atoms with Crippen molar-refractivity contribution in [1.82, 2.24) is 0 Å². The molecule has 0 amide bonds. The Labute approximate surface area is 117 Å². The molecule has 0 saturated carbocycles. The number of benzene rings is 1. The van der Waals surface area contributed by atoms with Gasteiger partial charge in [0.25, 0.3) is 0 Å². The van der Waals surface area contributed by atoms with Crippen LogP contribution in [0.3, 0.4) is 0 Å². The number of nitrogens with two attached hydrogens (primary N) is 1. The van der Waals surface area contributed by atoms with Crippen LogP contribution >= 0.6 is 38.9 Å². The Morgan fingerprint density at radius 3 is 2.65 bits per heavy atom. The average molecular weight is 335 g/mol. The molecule has 1 aromatic carbocycles. The standard InChI is InChI=1S/C12H10BrClFNS/c1-6-4-8(13)12(17-6)11(16)7-2-3-9(14)10(15)5-7/h2-5,11H,16H2,1H3. The second kappa shape index (κ2) is 5.06. The van der Waals surface area contributed by atoms with Crippen molar-refractivity contribution < 1.29 is 4.39 Å². The molecule has 2 rings (SSSR count). The van der Waals surface area contributed by atoms with E-state index in [1.807, 2.05) is 13.0 Å². The number of rotatable bonds is 2. The van der Waals surface area contributed by atoms with Gasteiger partial charge >= 0.3 is 0 Å². The topological polar surface area (TPSA) is 26.0 Å². The van der Waals surface area contributed by atoms with Crippen molar-refractivity contribution in [2.45, 2.75) is 13.0 Å². The first-order valence-electron chi connectivity index (χ1n) is 4.95. The predicted molar refractivity (Wildman–Crippen MR) is 74.2 cm³/mol. The molecule has 1 unspecified atom stereocenters. The van der Waals surface area contributed by atoms with Crippen LogP contribution in [-0.2, 0) is 0 Å². The van der Waals surface area contributed by atoms with E-state index in [0.717, 1.165) is 19.8 Å². The molecule has 17 heavy (non-hydrogen) atoms. The van der Waals surface area contributed by atoms with Crippen LogP contribution in [0.25, 0.3) is 0 Å². The highest BCUT2D eigenvalue weighted by atomic mass is 79.9. The Morgan fingerprint density at radius 1 is 1.41 bits per heavy atom. The van der Waals surface area contributed by atoms with Crippen molar-refractivity contribution in [2.24, 2.45) is 5.73 Å². The van der Waals surface area contributed by atoms with E-state index in [0.29, 0.717) is 0 Å². The van der Waals surface area contributed by atoms with E-state index in [2.05, 4.69) is 15.9 Å². The van der Waals surface area contributed by atoms with Crippen LogP contribution in [0.2, 0.25) is 5.02 Å². The van der Waals surface area contributed by atoms with Gasteiger partial charge in [-0.1, -0.05) is 17.7 Å². The quantitative estimate of drug-likeness (QED) is 0.849. The van der Waals surface area contributed by atoms with E-state index in [1.165, 1.54) is 12.1 Å². The minimum absolute atomic E-state index is 0.113. The first-order chi connectivity index (χ1) is 7.99. The molecule has 2 N–H and O–H groups in total. The maximum atomic E-state index is 13.4. The summed E-state index contributed by atoms with van der Waals surface area (Å²) < 4.78 is 14.3. The van der Waals surface area contributed by atoms with Gasteiger partial charge in [0.1, 0.15) is 5.82 Å². The molecular weight excluding hydrogens is 325 g/mol. The van der Waals surface area contributed by atoms with Crippen LogP contribution in [0.15, 0.2) is 28.7 Å². The van der Waals surface area contributed by atoms with Gasteiger partial charge < -0.3 is 5.73 Å². The summed E-state index contributed by atoms with van der Waals surface area (Å²) in [6.45, 7) is 2.01. The molecule has 0 fully saturated rings. The molecule has 0 aliphatic heterocycles. The lowest BCUT2D eigenvalue weighted by Crippen LogP contribution is -2.11. The van der Waals surface area contributed by atoms with Gasteiger partial charge in [-0.05, 0) is 46.6 Å². The summed E-state index contributed by atoms with van der Waals surface area (Å²) in [5.74, 6) is -0.441. The summed E-state index contributed by atoms with van der Waals surface area (Å²) in [4.78, 5) is 2.15. The van der Waals surface area contributed by atoms with Gasteiger partial charge in [0, 0.05) is 14.2 Å². The molecule has 0 saturated heterocycles. The second-order valence-electron chi connectivity index (χ2n) is 3.72. The molecule has 1 aromatic heterocycles. The summed E-state index contributed by atoms with van der Waals surface area (Å²) >= 11 is 10.7. The molecule has 0 aliphatic carbocycles. The zero-order valence-electron chi connectivity index (χ0n) is 9.01. The molecule has 0 spiro atoms. The van der Waals surface area contributed by atoms with Crippen LogP contribution in [0.1, 0.15) is 21.4 Å². The first-order valence-corrected chi connectivity index (χ1v) is 6.94. The van der Waals surface area contributed by atoms with Gasteiger partial charge in [0.05, 0.1) is 11.1 Å². The maximum Gasteiger partial charge on any atom is 0.142 e. The van der Waals surface area contributed by atoms with Crippen LogP contribution in [0.4, 0.5) is 4.39 Å². The van der Waals surface area contributed by atoms with E-state index < -0.39 is 5.82 Å². The average Bonchev–Trinajstić information content (AvgIpc) is 2.61. The van der Waals surface area contributed by atoms with Gasteiger partial charge in [0.15, 0.2) is 0 Å². The Balaban J connectivity index is 2.40. The molecule has 5 heteroatoms. The van der Waals surface area contributed by atoms with Gasteiger partial charge in [-0.2, -0.15) is 0 Å². The summed E-state index contributed by atoms with van der Waals surface area (Å²) in [6, 6.07) is 6.33. The minimum atomic E-state index is -0.441. The van der Waals surface area contributed by atoms with E-state index in [1.54, 1.807) is 17.4 Å².